The van der Waals surface area contributed by atoms with Gasteiger partial charge in [0.1, 0.15) is 5.82 Å². The second-order valence-electron chi connectivity index (χ2n) is 5.68. The van der Waals surface area contributed by atoms with Gasteiger partial charge in [-0.1, -0.05) is 6.07 Å². The molecule has 122 valence electrons. The van der Waals surface area contributed by atoms with Crippen molar-refractivity contribution >= 4 is 11.8 Å². The number of ether oxygens (including phenoxy) is 2. The Kier molecular flexibility index (Phi) is 4.50. The van der Waals surface area contributed by atoms with E-state index < -0.39 is 0 Å². The van der Waals surface area contributed by atoms with E-state index in [-0.39, 0.29) is 0 Å². The molecule has 23 heavy (non-hydrogen) atoms. The monoisotopic (exact) mass is 314 g/mol. The van der Waals surface area contributed by atoms with Crippen LogP contribution in [0.3, 0.4) is 0 Å². The maximum atomic E-state index is 5.33. The zero-order valence-electron chi connectivity index (χ0n) is 13.7. The minimum Gasteiger partial charge on any atom is -0.493 e. The maximum Gasteiger partial charge on any atom is 0.225 e. The molecule has 1 aliphatic rings. The minimum absolute atomic E-state index is 0.537. The molecule has 2 aromatic rings. The lowest BCUT2D eigenvalue weighted by molar-refractivity contribution is 0.354. The van der Waals surface area contributed by atoms with Crippen LogP contribution in [-0.2, 0) is 6.54 Å². The largest absolute Gasteiger partial charge is 0.493 e. The van der Waals surface area contributed by atoms with E-state index in [2.05, 4.69) is 20.6 Å². The van der Waals surface area contributed by atoms with E-state index in [0.29, 0.717) is 18.5 Å². The number of anilines is 2. The van der Waals surface area contributed by atoms with Gasteiger partial charge in [-0.3, -0.25) is 0 Å². The van der Waals surface area contributed by atoms with Crippen molar-refractivity contribution in [2.24, 2.45) is 0 Å². The van der Waals surface area contributed by atoms with E-state index in [1.807, 2.05) is 31.2 Å². The van der Waals surface area contributed by atoms with Gasteiger partial charge in [0.05, 0.1) is 14.2 Å². The van der Waals surface area contributed by atoms with Crippen molar-refractivity contribution < 1.29 is 9.47 Å². The van der Waals surface area contributed by atoms with Crippen LogP contribution in [-0.4, -0.2) is 30.2 Å². The first kappa shape index (κ1) is 15.4. The Morgan fingerprint density at radius 1 is 1.09 bits per heavy atom. The number of rotatable bonds is 7. The molecule has 0 unspecified atom stereocenters. The van der Waals surface area contributed by atoms with Gasteiger partial charge in [0, 0.05) is 24.3 Å². The van der Waals surface area contributed by atoms with Crippen molar-refractivity contribution in [1.29, 1.82) is 0 Å². The molecule has 0 bridgehead atoms. The molecule has 0 amide bonds. The summed E-state index contributed by atoms with van der Waals surface area (Å²) in [5.41, 5.74) is 2.04. The number of nitrogens with one attached hydrogen (secondary N) is 2. The molecule has 6 nitrogen and oxygen atoms in total. The summed E-state index contributed by atoms with van der Waals surface area (Å²) >= 11 is 0. The third-order valence-corrected chi connectivity index (χ3v) is 3.69. The van der Waals surface area contributed by atoms with Crippen LogP contribution in [0.15, 0.2) is 24.3 Å². The summed E-state index contributed by atoms with van der Waals surface area (Å²) in [6.07, 6.45) is 2.40. The number of benzene rings is 1. The smallest absolute Gasteiger partial charge is 0.225 e. The number of hydrogen-bond donors (Lipinski definition) is 2. The second-order valence-corrected chi connectivity index (χ2v) is 5.68. The summed E-state index contributed by atoms with van der Waals surface area (Å²) in [6.45, 7) is 2.63. The minimum atomic E-state index is 0.537. The van der Waals surface area contributed by atoms with Gasteiger partial charge in [0.25, 0.3) is 0 Å². The van der Waals surface area contributed by atoms with Crippen LogP contribution in [0.5, 0.6) is 11.5 Å². The first-order chi connectivity index (χ1) is 11.2. The van der Waals surface area contributed by atoms with E-state index in [0.717, 1.165) is 28.6 Å². The molecule has 2 N–H and O–H groups in total. The normalized spacial score (nSPS) is 13.5. The molecule has 0 spiro atoms. The van der Waals surface area contributed by atoms with Crippen molar-refractivity contribution in [3.63, 3.8) is 0 Å². The van der Waals surface area contributed by atoms with Crippen LogP contribution in [0.1, 0.15) is 24.1 Å². The predicted octanol–water partition coefficient (Wildman–Crippen LogP) is 2.99. The SMILES string of the molecule is COc1ccc(CNc2cc(C)nc(NC3CC3)n2)cc1OC. The molecule has 1 heterocycles. The Balaban J connectivity index is 1.68. The highest BCUT2D eigenvalue weighted by Crippen LogP contribution is 2.28. The van der Waals surface area contributed by atoms with Gasteiger partial charge in [-0.05, 0) is 37.5 Å². The molecule has 0 atom stereocenters. The van der Waals surface area contributed by atoms with Gasteiger partial charge in [-0.2, -0.15) is 4.98 Å². The van der Waals surface area contributed by atoms with Crippen LogP contribution < -0.4 is 20.1 Å². The van der Waals surface area contributed by atoms with Gasteiger partial charge in [-0.15, -0.1) is 0 Å². The summed E-state index contributed by atoms with van der Waals surface area (Å²) in [5.74, 6) is 2.96. The summed E-state index contributed by atoms with van der Waals surface area (Å²) in [6, 6.07) is 8.35. The molecule has 0 radical (unpaired) electrons. The van der Waals surface area contributed by atoms with Crippen molar-refractivity contribution in [2.75, 3.05) is 24.9 Å². The van der Waals surface area contributed by atoms with E-state index in [1.54, 1.807) is 14.2 Å². The first-order valence-corrected chi connectivity index (χ1v) is 7.75. The Bertz CT molecular complexity index is 686. The Morgan fingerprint density at radius 2 is 1.87 bits per heavy atom. The lowest BCUT2D eigenvalue weighted by Crippen LogP contribution is -2.09. The number of hydrogen-bond acceptors (Lipinski definition) is 6. The van der Waals surface area contributed by atoms with Crippen LogP contribution in [0.25, 0.3) is 0 Å². The van der Waals surface area contributed by atoms with Crippen molar-refractivity contribution in [3.8, 4) is 11.5 Å². The standard InChI is InChI=1S/C17H22N4O2/c1-11-8-16(21-17(19-11)20-13-5-6-13)18-10-12-4-7-14(22-2)15(9-12)23-3/h4,7-9,13H,5-6,10H2,1-3H3,(H2,18,19,20,21). The van der Waals surface area contributed by atoms with Gasteiger partial charge >= 0.3 is 0 Å². The van der Waals surface area contributed by atoms with E-state index in [1.165, 1.54) is 12.8 Å². The van der Waals surface area contributed by atoms with Gasteiger partial charge in [-0.25, -0.2) is 4.98 Å². The maximum absolute atomic E-state index is 5.33. The highest BCUT2D eigenvalue weighted by atomic mass is 16.5. The molecule has 1 aromatic carbocycles. The summed E-state index contributed by atoms with van der Waals surface area (Å²) in [7, 11) is 3.27. The molecule has 0 aliphatic heterocycles. The molecule has 1 saturated carbocycles. The Hall–Kier alpha value is -2.50. The van der Waals surface area contributed by atoms with Crippen molar-refractivity contribution in [3.05, 3.63) is 35.5 Å². The fourth-order valence-electron chi connectivity index (χ4n) is 2.32. The van der Waals surface area contributed by atoms with Gasteiger partial charge in [0.15, 0.2) is 11.5 Å². The van der Waals surface area contributed by atoms with Crippen LogP contribution in [0.2, 0.25) is 0 Å². The van der Waals surface area contributed by atoms with E-state index in [4.69, 9.17) is 9.47 Å². The van der Waals surface area contributed by atoms with Crippen molar-refractivity contribution in [2.45, 2.75) is 32.4 Å². The van der Waals surface area contributed by atoms with Gasteiger partial charge in [0.2, 0.25) is 5.95 Å². The summed E-state index contributed by atoms with van der Waals surface area (Å²) in [5, 5.41) is 6.67. The molecule has 3 rings (SSSR count). The molecule has 0 saturated heterocycles. The lowest BCUT2D eigenvalue weighted by Gasteiger charge is -2.12. The lowest BCUT2D eigenvalue weighted by atomic mass is 10.2. The molecular weight excluding hydrogens is 292 g/mol. The van der Waals surface area contributed by atoms with Crippen LogP contribution >= 0.6 is 0 Å². The Labute approximate surface area is 136 Å². The van der Waals surface area contributed by atoms with Crippen LogP contribution in [0, 0.1) is 6.92 Å². The molecule has 1 aliphatic carbocycles. The first-order valence-electron chi connectivity index (χ1n) is 7.75. The number of aryl methyl sites for hydroxylation is 1. The predicted molar refractivity (Wildman–Crippen MR) is 90.3 cm³/mol. The van der Waals surface area contributed by atoms with E-state index in [9.17, 15) is 0 Å². The molecule has 6 heteroatoms. The Morgan fingerprint density at radius 3 is 2.57 bits per heavy atom. The topological polar surface area (TPSA) is 68.3 Å². The fourth-order valence-corrected chi connectivity index (χ4v) is 2.32. The number of nitrogens with zero attached hydrogens (tertiary/aromatic N) is 2. The fraction of sp³-hybridized carbons (Fsp3) is 0.412. The van der Waals surface area contributed by atoms with Crippen LogP contribution in [0.4, 0.5) is 11.8 Å². The summed E-state index contributed by atoms with van der Waals surface area (Å²) < 4.78 is 10.6. The second kappa shape index (κ2) is 6.73. The van der Waals surface area contributed by atoms with E-state index >= 15 is 0 Å². The molecule has 1 aromatic heterocycles. The zero-order valence-corrected chi connectivity index (χ0v) is 13.7. The third kappa shape index (κ3) is 4.03. The average molecular weight is 314 g/mol. The average Bonchev–Trinajstić information content (AvgIpc) is 3.36. The third-order valence-electron chi connectivity index (χ3n) is 3.69. The highest BCUT2D eigenvalue weighted by Gasteiger charge is 2.22. The van der Waals surface area contributed by atoms with Gasteiger partial charge < -0.3 is 20.1 Å². The summed E-state index contributed by atoms with van der Waals surface area (Å²) in [4.78, 5) is 8.94. The number of methoxy groups -OCH3 is 2. The highest BCUT2D eigenvalue weighted by molar-refractivity contribution is 5.46. The van der Waals surface area contributed by atoms with Crippen molar-refractivity contribution in [1.82, 2.24) is 9.97 Å². The molecule has 1 fully saturated rings. The quantitative estimate of drug-likeness (QED) is 0.819. The number of aromatic nitrogens is 2. The molecular formula is C17H22N4O2. The zero-order chi connectivity index (χ0) is 16.2.